The molecule has 1 atom stereocenters. The summed E-state index contributed by atoms with van der Waals surface area (Å²) < 4.78 is 0. The van der Waals surface area contributed by atoms with Crippen molar-refractivity contribution in [2.45, 2.75) is 53.0 Å². The largest absolute Gasteiger partial charge is 0.346 e. The molecule has 0 aromatic carbocycles. The van der Waals surface area contributed by atoms with Crippen molar-refractivity contribution in [1.82, 2.24) is 4.90 Å². The van der Waals surface area contributed by atoms with E-state index >= 15 is 0 Å². The van der Waals surface area contributed by atoms with Gasteiger partial charge in [-0.2, -0.15) is 0 Å². The zero-order valence-electron chi connectivity index (χ0n) is 14.3. The molecule has 0 aliphatic carbocycles. The minimum atomic E-state index is 0.00825. The molecule has 0 saturated heterocycles. The van der Waals surface area contributed by atoms with E-state index in [1.807, 2.05) is 19.9 Å². The highest BCUT2D eigenvalue weighted by molar-refractivity contribution is 7.12. The smallest absolute Gasteiger partial charge is 0.222 e. The number of rotatable bonds is 8. The van der Waals surface area contributed by atoms with Gasteiger partial charge in [-0.25, -0.2) is 0 Å². The SMILES string of the molecule is Cc1cc(C(=O)CCC(=O)N(C)CCC(N)C(C)C)c(C)s1. The second-order valence-corrected chi connectivity index (χ2v) is 7.72. The van der Waals surface area contributed by atoms with E-state index in [1.54, 1.807) is 23.3 Å². The molecule has 124 valence electrons. The Morgan fingerprint density at radius 3 is 2.41 bits per heavy atom. The van der Waals surface area contributed by atoms with Gasteiger partial charge in [0, 0.05) is 47.8 Å². The van der Waals surface area contributed by atoms with Crippen molar-refractivity contribution in [1.29, 1.82) is 0 Å². The van der Waals surface area contributed by atoms with Crippen molar-refractivity contribution in [3.05, 3.63) is 21.4 Å². The number of hydrogen-bond donors (Lipinski definition) is 1. The molecule has 1 amide bonds. The summed E-state index contributed by atoms with van der Waals surface area (Å²) >= 11 is 1.62. The van der Waals surface area contributed by atoms with Gasteiger partial charge in [0.05, 0.1) is 0 Å². The molecule has 0 radical (unpaired) electrons. The average Bonchev–Trinajstić information content (AvgIpc) is 2.79. The number of aryl methyl sites for hydroxylation is 2. The van der Waals surface area contributed by atoms with Gasteiger partial charge in [-0.05, 0) is 32.3 Å². The Bertz CT molecular complexity index is 523. The van der Waals surface area contributed by atoms with Gasteiger partial charge in [0.1, 0.15) is 0 Å². The van der Waals surface area contributed by atoms with Crippen LogP contribution < -0.4 is 5.73 Å². The zero-order valence-corrected chi connectivity index (χ0v) is 15.1. The Hall–Kier alpha value is -1.20. The van der Waals surface area contributed by atoms with E-state index in [0.717, 1.165) is 21.7 Å². The van der Waals surface area contributed by atoms with Gasteiger partial charge in [0.2, 0.25) is 5.91 Å². The molecule has 0 spiro atoms. The summed E-state index contributed by atoms with van der Waals surface area (Å²) in [5.74, 6) is 0.478. The first-order valence-corrected chi connectivity index (χ1v) is 8.63. The highest BCUT2D eigenvalue weighted by Crippen LogP contribution is 2.22. The van der Waals surface area contributed by atoms with Crippen LogP contribution in [0.1, 0.15) is 53.2 Å². The normalized spacial score (nSPS) is 12.5. The molecule has 2 N–H and O–H groups in total. The number of Topliss-reactive ketones (excluding diaryl/α,β-unsaturated/α-hetero) is 1. The summed E-state index contributed by atoms with van der Waals surface area (Å²) in [4.78, 5) is 28.1. The van der Waals surface area contributed by atoms with Crippen LogP contribution in [0.3, 0.4) is 0 Å². The second kappa shape index (κ2) is 8.44. The minimum absolute atomic E-state index is 0.00825. The number of carbonyl (C=O) groups is 2. The molecule has 4 nitrogen and oxygen atoms in total. The van der Waals surface area contributed by atoms with Crippen LogP contribution in [-0.4, -0.2) is 36.2 Å². The van der Waals surface area contributed by atoms with Crippen molar-refractivity contribution in [3.63, 3.8) is 0 Å². The van der Waals surface area contributed by atoms with Crippen LogP contribution >= 0.6 is 11.3 Å². The number of thiophene rings is 1. The number of ketones is 1. The summed E-state index contributed by atoms with van der Waals surface area (Å²) in [7, 11) is 1.78. The summed E-state index contributed by atoms with van der Waals surface area (Å²) in [5.41, 5.74) is 6.75. The fraction of sp³-hybridized carbons (Fsp3) is 0.647. The fourth-order valence-electron chi connectivity index (χ4n) is 2.25. The van der Waals surface area contributed by atoms with Crippen LogP contribution in [0, 0.1) is 19.8 Å². The third-order valence-corrected chi connectivity index (χ3v) is 4.95. The average molecular weight is 324 g/mol. The quantitative estimate of drug-likeness (QED) is 0.747. The summed E-state index contributed by atoms with van der Waals surface area (Å²) in [6.07, 6.45) is 1.33. The summed E-state index contributed by atoms with van der Waals surface area (Å²) in [6.45, 7) is 8.74. The van der Waals surface area contributed by atoms with Gasteiger partial charge in [-0.1, -0.05) is 13.8 Å². The molecule has 0 aliphatic heterocycles. The van der Waals surface area contributed by atoms with E-state index in [1.165, 1.54) is 0 Å². The molecule has 1 unspecified atom stereocenters. The molecular weight excluding hydrogens is 296 g/mol. The minimum Gasteiger partial charge on any atom is -0.346 e. The van der Waals surface area contributed by atoms with Crippen LogP contribution in [-0.2, 0) is 4.79 Å². The van der Waals surface area contributed by atoms with Crippen LogP contribution in [0.25, 0.3) is 0 Å². The molecule has 1 heterocycles. The predicted octanol–water partition coefficient (Wildman–Crippen LogP) is 3.16. The van der Waals surface area contributed by atoms with Crippen LogP contribution in [0.5, 0.6) is 0 Å². The number of nitrogens with two attached hydrogens (primary N) is 1. The highest BCUT2D eigenvalue weighted by Gasteiger charge is 2.16. The lowest BCUT2D eigenvalue weighted by Crippen LogP contribution is -2.34. The van der Waals surface area contributed by atoms with Gasteiger partial charge in [0.15, 0.2) is 5.78 Å². The van der Waals surface area contributed by atoms with Crippen molar-refractivity contribution >= 4 is 23.0 Å². The van der Waals surface area contributed by atoms with Gasteiger partial charge < -0.3 is 10.6 Å². The van der Waals surface area contributed by atoms with Crippen molar-refractivity contribution in [2.75, 3.05) is 13.6 Å². The number of carbonyl (C=O) groups excluding carboxylic acids is 2. The monoisotopic (exact) mass is 324 g/mol. The maximum atomic E-state index is 12.2. The van der Waals surface area contributed by atoms with Crippen LogP contribution in [0.15, 0.2) is 6.07 Å². The molecule has 5 heteroatoms. The summed E-state index contributed by atoms with van der Waals surface area (Å²) in [6, 6.07) is 2.02. The van der Waals surface area contributed by atoms with E-state index in [0.29, 0.717) is 12.5 Å². The van der Waals surface area contributed by atoms with E-state index < -0.39 is 0 Å². The van der Waals surface area contributed by atoms with E-state index in [2.05, 4.69) is 13.8 Å². The van der Waals surface area contributed by atoms with Gasteiger partial charge in [0.25, 0.3) is 0 Å². The maximum absolute atomic E-state index is 12.2. The standard InChI is InChI=1S/C17H28N2O2S/c1-11(2)15(18)8-9-19(5)17(21)7-6-16(20)14-10-12(3)22-13(14)4/h10-11,15H,6-9,18H2,1-5H3. The van der Waals surface area contributed by atoms with E-state index in [4.69, 9.17) is 5.73 Å². The van der Waals surface area contributed by atoms with Crippen molar-refractivity contribution in [3.8, 4) is 0 Å². The van der Waals surface area contributed by atoms with Gasteiger partial charge in [-0.15, -0.1) is 11.3 Å². The van der Waals surface area contributed by atoms with E-state index in [9.17, 15) is 9.59 Å². The number of amides is 1. The molecule has 1 rings (SSSR count). The lowest BCUT2D eigenvalue weighted by molar-refractivity contribution is -0.129. The van der Waals surface area contributed by atoms with Crippen LogP contribution in [0.4, 0.5) is 0 Å². The first-order valence-electron chi connectivity index (χ1n) is 7.82. The first-order chi connectivity index (χ1) is 10.2. The fourth-order valence-corrected chi connectivity index (χ4v) is 3.20. The Labute approximate surface area is 137 Å². The molecule has 0 bridgehead atoms. The topological polar surface area (TPSA) is 63.4 Å². The van der Waals surface area contributed by atoms with E-state index in [-0.39, 0.29) is 30.6 Å². The maximum Gasteiger partial charge on any atom is 0.222 e. The molecule has 0 saturated carbocycles. The molecule has 1 aromatic rings. The van der Waals surface area contributed by atoms with Crippen LogP contribution in [0.2, 0.25) is 0 Å². The highest BCUT2D eigenvalue weighted by atomic mass is 32.1. The molecule has 1 aromatic heterocycles. The molecular formula is C17H28N2O2S. The van der Waals surface area contributed by atoms with Gasteiger partial charge in [-0.3, -0.25) is 9.59 Å². The van der Waals surface area contributed by atoms with Gasteiger partial charge >= 0.3 is 0 Å². The Balaban J connectivity index is 2.42. The second-order valence-electron chi connectivity index (χ2n) is 6.26. The molecule has 22 heavy (non-hydrogen) atoms. The molecule has 0 aliphatic rings. The number of hydrogen-bond acceptors (Lipinski definition) is 4. The van der Waals surface area contributed by atoms with Crippen molar-refractivity contribution in [2.24, 2.45) is 11.7 Å². The van der Waals surface area contributed by atoms with Crippen molar-refractivity contribution < 1.29 is 9.59 Å². The third-order valence-electron chi connectivity index (χ3n) is 3.99. The zero-order chi connectivity index (χ0) is 16.9. The predicted molar refractivity (Wildman–Crippen MR) is 92.4 cm³/mol. The Morgan fingerprint density at radius 1 is 1.27 bits per heavy atom. The Kier molecular flexibility index (Phi) is 7.23. The first kappa shape index (κ1) is 18.8. The lowest BCUT2D eigenvalue weighted by Gasteiger charge is -2.21. The Morgan fingerprint density at radius 2 is 1.91 bits per heavy atom. The summed E-state index contributed by atoms with van der Waals surface area (Å²) in [5, 5.41) is 0. The lowest BCUT2D eigenvalue weighted by atomic mass is 10.0. The third kappa shape index (κ3) is 5.54. The molecule has 0 fully saturated rings. The number of nitrogens with zero attached hydrogens (tertiary/aromatic N) is 1.